The molecule has 0 aliphatic heterocycles. The van der Waals surface area contributed by atoms with E-state index >= 15 is 0 Å². The molecule has 0 amide bonds. The third-order valence-electron chi connectivity index (χ3n) is 4.10. The molecule has 0 saturated carbocycles. The van der Waals surface area contributed by atoms with Crippen molar-refractivity contribution in [2.75, 3.05) is 6.61 Å². The molecule has 0 aliphatic rings. The molecule has 0 heterocycles. The second-order valence-electron chi connectivity index (χ2n) is 5.85. The molecule has 0 spiro atoms. The van der Waals surface area contributed by atoms with E-state index in [1.807, 2.05) is 48.5 Å². The fraction of sp³-hybridized carbons (Fsp3) is 0.0870. The van der Waals surface area contributed by atoms with Crippen LogP contribution in [0.1, 0.15) is 16.7 Å². The van der Waals surface area contributed by atoms with Gasteiger partial charge in [0.1, 0.15) is 6.61 Å². The summed E-state index contributed by atoms with van der Waals surface area (Å²) in [4.78, 5) is 12.8. The molecule has 0 radical (unpaired) electrons. The molecule has 0 atom stereocenters. The normalized spacial score (nSPS) is 11.4. The molecule has 0 aliphatic carbocycles. The number of carbonyl (C=O) groups excluding carboxylic acids is 1. The Labute approximate surface area is 153 Å². The van der Waals surface area contributed by atoms with Crippen LogP contribution < -0.4 is 0 Å². The largest absolute Gasteiger partial charge is 0.459 e. The maximum absolute atomic E-state index is 12.8. The first-order valence-corrected chi connectivity index (χ1v) is 8.43. The molecule has 130 valence electrons. The highest BCUT2D eigenvalue weighted by Gasteiger charge is 2.41. The zero-order chi connectivity index (χ0) is 18.2. The predicted molar refractivity (Wildman–Crippen MR) is 102 cm³/mol. The van der Waals surface area contributed by atoms with Gasteiger partial charge in [-0.1, -0.05) is 97.1 Å². The van der Waals surface area contributed by atoms with Crippen molar-refractivity contribution in [2.45, 2.75) is 5.60 Å². The van der Waals surface area contributed by atoms with E-state index in [1.54, 1.807) is 54.6 Å². The van der Waals surface area contributed by atoms with Crippen LogP contribution in [0.3, 0.4) is 0 Å². The van der Waals surface area contributed by atoms with E-state index in [4.69, 9.17) is 4.74 Å². The van der Waals surface area contributed by atoms with Gasteiger partial charge in [0, 0.05) is 0 Å². The Morgan fingerprint density at radius 2 is 1.27 bits per heavy atom. The van der Waals surface area contributed by atoms with Gasteiger partial charge in [-0.05, 0) is 22.8 Å². The lowest BCUT2D eigenvalue weighted by Crippen LogP contribution is -2.38. The standard InChI is InChI=1S/C23H20O3/c24-22(26-18-10-13-19-11-4-1-5-12-19)23(25,20-14-6-2-7-15-20)21-16-8-3-9-17-21/h1-17,25H,18H2. The summed E-state index contributed by atoms with van der Waals surface area (Å²) in [7, 11) is 0. The van der Waals surface area contributed by atoms with Gasteiger partial charge >= 0.3 is 5.97 Å². The number of hydrogen-bond acceptors (Lipinski definition) is 3. The lowest BCUT2D eigenvalue weighted by molar-refractivity contribution is -0.160. The van der Waals surface area contributed by atoms with Gasteiger partial charge in [0.15, 0.2) is 0 Å². The zero-order valence-corrected chi connectivity index (χ0v) is 14.3. The van der Waals surface area contributed by atoms with Gasteiger partial charge in [0.25, 0.3) is 0 Å². The monoisotopic (exact) mass is 344 g/mol. The van der Waals surface area contributed by atoms with Crippen molar-refractivity contribution in [2.24, 2.45) is 0 Å². The van der Waals surface area contributed by atoms with Gasteiger partial charge in [-0.3, -0.25) is 0 Å². The van der Waals surface area contributed by atoms with Crippen molar-refractivity contribution >= 4 is 12.0 Å². The molecule has 3 nitrogen and oxygen atoms in total. The fourth-order valence-corrected chi connectivity index (χ4v) is 2.74. The topological polar surface area (TPSA) is 46.5 Å². The molecular weight excluding hydrogens is 324 g/mol. The number of rotatable bonds is 6. The summed E-state index contributed by atoms with van der Waals surface area (Å²) >= 11 is 0. The van der Waals surface area contributed by atoms with Crippen LogP contribution in [-0.2, 0) is 15.1 Å². The molecule has 0 bridgehead atoms. The second kappa shape index (κ2) is 8.28. The lowest BCUT2D eigenvalue weighted by atomic mass is 9.86. The number of carbonyl (C=O) groups is 1. The van der Waals surface area contributed by atoms with Crippen LogP contribution in [0, 0.1) is 0 Å². The minimum Gasteiger partial charge on any atom is -0.459 e. The second-order valence-corrected chi connectivity index (χ2v) is 5.85. The molecule has 3 aromatic carbocycles. The predicted octanol–water partition coefficient (Wildman–Crippen LogP) is 4.18. The van der Waals surface area contributed by atoms with Crippen molar-refractivity contribution in [3.63, 3.8) is 0 Å². The van der Waals surface area contributed by atoms with Crippen molar-refractivity contribution in [1.82, 2.24) is 0 Å². The summed E-state index contributed by atoms with van der Waals surface area (Å²) in [6.45, 7) is 0.0791. The van der Waals surface area contributed by atoms with Crippen LogP contribution >= 0.6 is 0 Å². The third kappa shape index (κ3) is 3.90. The molecular formula is C23H20O3. The first-order valence-electron chi connectivity index (χ1n) is 8.43. The number of aliphatic hydroxyl groups is 1. The number of ether oxygens (including phenoxy) is 1. The van der Waals surface area contributed by atoms with Crippen molar-refractivity contribution in [1.29, 1.82) is 0 Å². The molecule has 0 unspecified atom stereocenters. The van der Waals surface area contributed by atoms with Gasteiger partial charge in [-0.2, -0.15) is 0 Å². The van der Waals surface area contributed by atoms with E-state index in [0.717, 1.165) is 5.56 Å². The van der Waals surface area contributed by atoms with Crippen molar-refractivity contribution < 1.29 is 14.6 Å². The molecule has 0 aromatic heterocycles. The Kier molecular flexibility index (Phi) is 5.62. The number of hydrogen-bond donors (Lipinski definition) is 1. The van der Waals surface area contributed by atoms with Crippen LogP contribution in [0.4, 0.5) is 0 Å². The van der Waals surface area contributed by atoms with E-state index in [9.17, 15) is 9.90 Å². The van der Waals surface area contributed by atoms with E-state index < -0.39 is 11.6 Å². The summed E-state index contributed by atoms with van der Waals surface area (Å²) in [6, 6.07) is 27.4. The van der Waals surface area contributed by atoms with Crippen LogP contribution in [0.25, 0.3) is 6.08 Å². The summed E-state index contributed by atoms with van der Waals surface area (Å²) in [6.07, 6.45) is 3.63. The fourth-order valence-electron chi connectivity index (χ4n) is 2.74. The Balaban J connectivity index is 1.79. The highest BCUT2D eigenvalue weighted by atomic mass is 16.5. The Bertz CT molecular complexity index is 816. The van der Waals surface area contributed by atoms with Gasteiger partial charge in [0.05, 0.1) is 0 Å². The van der Waals surface area contributed by atoms with E-state index in [0.29, 0.717) is 11.1 Å². The summed E-state index contributed by atoms with van der Waals surface area (Å²) < 4.78 is 5.36. The van der Waals surface area contributed by atoms with Crippen LogP contribution in [0.5, 0.6) is 0 Å². The van der Waals surface area contributed by atoms with Crippen LogP contribution in [0.2, 0.25) is 0 Å². The number of benzene rings is 3. The highest BCUT2D eigenvalue weighted by Crippen LogP contribution is 2.31. The smallest absolute Gasteiger partial charge is 0.348 e. The molecule has 26 heavy (non-hydrogen) atoms. The first kappa shape index (κ1) is 17.6. The minimum absolute atomic E-state index is 0.0791. The van der Waals surface area contributed by atoms with Crippen LogP contribution in [-0.4, -0.2) is 17.7 Å². The molecule has 3 heteroatoms. The van der Waals surface area contributed by atoms with Gasteiger partial charge < -0.3 is 9.84 Å². The molecule has 1 N–H and O–H groups in total. The molecule has 3 aromatic rings. The number of esters is 1. The average molecular weight is 344 g/mol. The van der Waals surface area contributed by atoms with Crippen LogP contribution in [0.15, 0.2) is 97.1 Å². The van der Waals surface area contributed by atoms with Gasteiger partial charge in [-0.15, -0.1) is 0 Å². The summed E-state index contributed by atoms with van der Waals surface area (Å²) in [5.41, 5.74) is 0.125. The first-order chi connectivity index (χ1) is 12.7. The van der Waals surface area contributed by atoms with Crippen molar-refractivity contribution in [3.05, 3.63) is 114 Å². The Morgan fingerprint density at radius 3 is 1.77 bits per heavy atom. The third-order valence-corrected chi connectivity index (χ3v) is 4.10. The summed E-state index contributed by atoms with van der Waals surface area (Å²) in [5, 5.41) is 11.2. The van der Waals surface area contributed by atoms with Gasteiger partial charge in [-0.25, -0.2) is 4.79 Å². The zero-order valence-electron chi connectivity index (χ0n) is 14.3. The molecule has 0 fully saturated rings. The molecule has 0 saturated heterocycles. The van der Waals surface area contributed by atoms with Gasteiger partial charge in [0.2, 0.25) is 5.60 Å². The van der Waals surface area contributed by atoms with E-state index in [1.165, 1.54) is 0 Å². The maximum atomic E-state index is 12.8. The summed E-state index contributed by atoms with van der Waals surface area (Å²) in [5.74, 6) is -0.701. The average Bonchev–Trinajstić information content (AvgIpc) is 2.72. The SMILES string of the molecule is O=C(OCC=Cc1ccccc1)C(O)(c1ccccc1)c1ccccc1. The minimum atomic E-state index is -1.84. The quantitative estimate of drug-likeness (QED) is 0.683. The highest BCUT2D eigenvalue weighted by molar-refractivity contribution is 5.85. The van der Waals surface area contributed by atoms with Crippen molar-refractivity contribution in [3.8, 4) is 0 Å². The molecule has 3 rings (SSSR count). The maximum Gasteiger partial charge on any atom is 0.348 e. The van der Waals surface area contributed by atoms with E-state index in [-0.39, 0.29) is 6.61 Å². The lowest BCUT2D eigenvalue weighted by Gasteiger charge is -2.26. The Hall–Kier alpha value is -3.17. The van der Waals surface area contributed by atoms with E-state index in [2.05, 4.69) is 0 Å². The Morgan fingerprint density at radius 1 is 0.808 bits per heavy atom.